The quantitative estimate of drug-likeness (QED) is 0.494. The van der Waals surface area contributed by atoms with Crippen LogP contribution in [0.5, 0.6) is 0 Å². The molecule has 0 saturated carbocycles. The summed E-state index contributed by atoms with van der Waals surface area (Å²) in [6.45, 7) is 0. The van der Waals surface area contributed by atoms with Crippen molar-refractivity contribution in [1.82, 2.24) is 5.01 Å². The van der Waals surface area contributed by atoms with Gasteiger partial charge in [0.05, 0.1) is 22.1 Å². The highest BCUT2D eigenvalue weighted by atomic mass is 35.5. The standard InChI is InChI=1S/C16H14Cl3N3O/c17-10-3-6-14(12(18)7-10)22-15(8-13(21-22)16(19)23)9-1-4-11(20)5-2-9/h1-2,4-7,10,15H,3,8,20H2. The van der Waals surface area contributed by atoms with Crippen molar-refractivity contribution < 1.29 is 4.79 Å². The minimum atomic E-state index is -0.556. The van der Waals surface area contributed by atoms with Gasteiger partial charge in [-0.3, -0.25) is 9.80 Å². The SMILES string of the molecule is Nc1ccc(C2CC(C(=O)Cl)=NN2C2=CCC(Cl)C=C2Cl)cc1. The second-order valence-electron chi connectivity index (χ2n) is 5.41. The third-order valence-electron chi connectivity index (χ3n) is 3.81. The smallest absolute Gasteiger partial charge is 0.268 e. The molecule has 3 rings (SSSR count). The summed E-state index contributed by atoms with van der Waals surface area (Å²) in [6.07, 6.45) is 4.76. The molecule has 0 radical (unpaired) electrons. The van der Waals surface area contributed by atoms with Gasteiger partial charge in [0.1, 0.15) is 5.71 Å². The first kappa shape index (κ1) is 16.4. The lowest BCUT2D eigenvalue weighted by Crippen LogP contribution is -2.21. The van der Waals surface area contributed by atoms with Crippen LogP contribution < -0.4 is 5.73 Å². The van der Waals surface area contributed by atoms with Crippen molar-refractivity contribution >= 4 is 51.4 Å². The molecule has 1 aromatic rings. The lowest BCUT2D eigenvalue weighted by molar-refractivity contribution is -0.106. The topological polar surface area (TPSA) is 58.7 Å². The Morgan fingerprint density at radius 3 is 2.61 bits per heavy atom. The summed E-state index contributed by atoms with van der Waals surface area (Å²) in [7, 11) is 0. The predicted octanol–water partition coefficient (Wildman–Crippen LogP) is 4.15. The highest BCUT2D eigenvalue weighted by molar-refractivity contribution is 6.82. The van der Waals surface area contributed by atoms with Gasteiger partial charge in [-0.05, 0) is 41.8 Å². The maximum absolute atomic E-state index is 11.5. The summed E-state index contributed by atoms with van der Waals surface area (Å²) in [5.74, 6) is 0. The average molecular weight is 371 g/mol. The number of benzene rings is 1. The zero-order valence-electron chi connectivity index (χ0n) is 12.0. The van der Waals surface area contributed by atoms with Crippen LogP contribution in [0.2, 0.25) is 0 Å². The molecule has 23 heavy (non-hydrogen) atoms. The van der Waals surface area contributed by atoms with Crippen LogP contribution in [0.15, 0.2) is 52.2 Å². The number of rotatable bonds is 3. The molecule has 4 nitrogen and oxygen atoms in total. The van der Waals surface area contributed by atoms with Crippen molar-refractivity contribution in [1.29, 1.82) is 0 Å². The van der Waals surface area contributed by atoms with E-state index in [0.717, 1.165) is 11.3 Å². The number of nitrogen functional groups attached to an aromatic ring is 1. The summed E-state index contributed by atoms with van der Waals surface area (Å²) >= 11 is 18.0. The molecular weight excluding hydrogens is 357 g/mol. The van der Waals surface area contributed by atoms with Crippen LogP contribution in [0.1, 0.15) is 24.4 Å². The number of carbonyl (C=O) groups is 1. The first-order valence-corrected chi connectivity index (χ1v) is 8.29. The Balaban J connectivity index is 1.97. The summed E-state index contributed by atoms with van der Waals surface area (Å²) in [5.41, 5.74) is 8.44. The van der Waals surface area contributed by atoms with Gasteiger partial charge < -0.3 is 5.73 Å². The van der Waals surface area contributed by atoms with Crippen LogP contribution in [-0.4, -0.2) is 21.3 Å². The molecule has 0 amide bonds. The maximum Gasteiger partial charge on any atom is 0.268 e. The van der Waals surface area contributed by atoms with Crippen LogP contribution in [0.3, 0.4) is 0 Å². The van der Waals surface area contributed by atoms with Gasteiger partial charge in [0.15, 0.2) is 0 Å². The van der Waals surface area contributed by atoms with E-state index < -0.39 is 5.24 Å². The molecule has 1 aliphatic heterocycles. The van der Waals surface area contributed by atoms with E-state index in [4.69, 9.17) is 40.5 Å². The van der Waals surface area contributed by atoms with Crippen molar-refractivity contribution in [2.24, 2.45) is 5.10 Å². The van der Waals surface area contributed by atoms with E-state index in [1.165, 1.54) is 0 Å². The summed E-state index contributed by atoms with van der Waals surface area (Å²) in [4.78, 5) is 11.5. The van der Waals surface area contributed by atoms with Gasteiger partial charge in [0.25, 0.3) is 5.24 Å². The number of hydrogen-bond donors (Lipinski definition) is 1. The molecule has 2 unspecified atom stereocenters. The van der Waals surface area contributed by atoms with Gasteiger partial charge in [-0.2, -0.15) is 5.10 Å². The minimum absolute atomic E-state index is 0.137. The zero-order valence-corrected chi connectivity index (χ0v) is 14.3. The molecule has 0 spiro atoms. The molecule has 2 N–H and O–H groups in total. The second-order valence-corrected chi connectivity index (χ2v) is 6.72. The number of halogens is 3. The van der Waals surface area contributed by atoms with Gasteiger partial charge in [-0.25, -0.2) is 0 Å². The van der Waals surface area contributed by atoms with E-state index in [1.807, 2.05) is 30.3 Å². The number of carbonyl (C=O) groups excluding carboxylic acids is 1. The number of alkyl halides is 1. The molecule has 1 aliphatic carbocycles. The molecule has 7 heteroatoms. The van der Waals surface area contributed by atoms with E-state index in [0.29, 0.717) is 29.3 Å². The Hall–Kier alpha value is -1.49. The summed E-state index contributed by atoms with van der Waals surface area (Å²) in [6, 6.07) is 7.30. The van der Waals surface area contributed by atoms with Crippen molar-refractivity contribution in [2.45, 2.75) is 24.3 Å². The van der Waals surface area contributed by atoms with Gasteiger partial charge in [0, 0.05) is 12.1 Å². The number of anilines is 1. The molecule has 0 saturated heterocycles. The number of allylic oxidation sites excluding steroid dienone is 3. The summed E-state index contributed by atoms with van der Waals surface area (Å²) < 4.78 is 0. The fourth-order valence-corrected chi connectivity index (χ4v) is 3.38. The second kappa shape index (κ2) is 6.56. The van der Waals surface area contributed by atoms with Crippen LogP contribution in [-0.2, 0) is 4.79 Å². The monoisotopic (exact) mass is 369 g/mol. The Labute approximate surface area is 149 Å². The van der Waals surface area contributed by atoms with Gasteiger partial charge in [-0.1, -0.05) is 29.8 Å². The largest absolute Gasteiger partial charge is 0.399 e. The van der Waals surface area contributed by atoms with Crippen LogP contribution in [0.4, 0.5) is 5.69 Å². The van der Waals surface area contributed by atoms with Crippen molar-refractivity contribution in [3.8, 4) is 0 Å². The van der Waals surface area contributed by atoms with Crippen LogP contribution in [0.25, 0.3) is 0 Å². The highest BCUT2D eigenvalue weighted by Crippen LogP contribution is 2.39. The van der Waals surface area contributed by atoms with E-state index in [1.54, 1.807) is 11.1 Å². The molecule has 120 valence electrons. The highest BCUT2D eigenvalue weighted by Gasteiger charge is 2.34. The number of hydrogen-bond acceptors (Lipinski definition) is 4. The van der Waals surface area contributed by atoms with E-state index in [9.17, 15) is 4.79 Å². The Morgan fingerprint density at radius 1 is 1.30 bits per heavy atom. The fraction of sp³-hybridized carbons (Fsp3) is 0.250. The molecule has 0 aromatic heterocycles. The Kier molecular flexibility index (Phi) is 4.67. The van der Waals surface area contributed by atoms with Crippen molar-refractivity contribution in [3.05, 3.63) is 52.7 Å². The molecule has 0 bridgehead atoms. The predicted molar refractivity (Wildman–Crippen MR) is 94.6 cm³/mol. The number of nitrogens with zero attached hydrogens (tertiary/aromatic N) is 2. The zero-order chi connectivity index (χ0) is 16.6. The first-order valence-electron chi connectivity index (χ1n) is 7.09. The van der Waals surface area contributed by atoms with Gasteiger partial charge in [0.2, 0.25) is 0 Å². The average Bonchev–Trinajstić information content (AvgIpc) is 2.93. The lowest BCUT2D eigenvalue weighted by atomic mass is 10.0. The third kappa shape index (κ3) is 3.39. The number of nitrogens with two attached hydrogens (primary N) is 1. The summed E-state index contributed by atoms with van der Waals surface area (Å²) in [5, 5.41) is 5.93. The first-order chi connectivity index (χ1) is 11.0. The van der Waals surface area contributed by atoms with Gasteiger partial charge in [-0.15, -0.1) is 11.6 Å². The van der Waals surface area contributed by atoms with E-state index >= 15 is 0 Å². The minimum Gasteiger partial charge on any atom is -0.399 e. The molecule has 0 fully saturated rings. The van der Waals surface area contributed by atoms with Gasteiger partial charge >= 0.3 is 0 Å². The third-order valence-corrected chi connectivity index (χ3v) is 4.66. The van der Waals surface area contributed by atoms with Crippen LogP contribution >= 0.6 is 34.8 Å². The van der Waals surface area contributed by atoms with Crippen LogP contribution in [0, 0.1) is 0 Å². The van der Waals surface area contributed by atoms with E-state index in [2.05, 4.69) is 5.10 Å². The van der Waals surface area contributed by atoms with Crippen molar-refractivity contribution in [2.75, 3.05) is 5.73 Å². The molecule has 1 heterocycles. The molecular formula is C16H14Cl3N3O. The van der Waals surface area contributed by atoms with E-state index in [-0.39, 0.29) is 11.4 Å². The van der Waals surface area contributed by atoms with Crippen molar-refractivity contribution in [3.63, 3.8) is 0 Å². The lowest BCUT2D eigenvalue weighted by Gasteiger charge is -2.28. The molecule has 2 atom stereocenters. The molecule has 1 aromatic carbocycles. The molecule has 2 aliphatic rings. The Bertz CT molecular complexity index is 725. The normalized spacial score (nSPS) is 24.1. The number of hydrazone groups is 1. The maximum atomic E-state index is 11.5. The fourth-order valence-electron chi connectivity index (χ4n) is 2.67. The Morgan fingerprint density at radius 2 is 2.00 bits per heavy atom.